The molecule has 0 radical (unpaired) electrons. The Bertz CT molecular complexity index is 563. The Morgan fingerprint density at radius 3 is 2.62 bits per heavy atom. The highest BCUT2D eigenvalue weighted by atomic mass is 35.5. The molecule has 4 nitrogen and oxygen atoms in total. The average Bonchev–Trinajstić information content (AvgIpc) is 2.43. The van der Waals surface area contributed by atoms with Crippen LogP contribution in [0.1, 0.15) is 23.2 Å². The van der Waals surface area contributed by atoms with Crippen LogP contribution in [0.2, 0.25) is 10.0 Å². The molecule has 1 amide bonds. The molecule has 21 heavy (non-hydrogen) atoms. The van der Waals surface area contributed by atoms with E-state index in [1.807, 2.05) is 6.26 Å². The predicted molar refractivity (Wildman–Crippen MR) is 86.6 cm³/mol. The van der Waals surface area contributed by atoms with Gasteiger partial charge in [-0.2, -0.15) is 0 Å². The minimum atomic E-state index is -1.10. The van der Waals surface area contributed by atoms with Gasteiger partial charge in [-0.15, -0.1) is 18.3 Å². The molecule has 0 aliphatic rings. The van der Waals surface area contributed by atoms with Crippen LogP contribution in [0.4, 0.5) is 0 Å². The predicted octanol–water partition coefficient (Wildman–Crippen LogP) is 3.86. The van der Waals surface area contributed by atoms with Gasteiger partial charge in [0.15, 0.2) is 0 Å². The van der Waals surface area contributed by atoms with E-state index in [4.69, 9.17) is 28.3 Å². The zero-order valence-corrected chi connectivity index (χ0v) is 13.7. The molecule has 0 bridgehead atoms. The smallest absolute Gasteiger partial charge is 0.326 e. The van der Waals surface area contributed by atoms with E-state index < -0.39 is 17.9 Å². The molecular weight excluding hydrogens is 333 g/mol. The number of hydrogen-bond acceptors (Lipinski definition) is 3. The highest BCUT2D eigenvalue weighted by Gasteiger charge is 2.22. The summed E-state index contributed by atoms with van der Waals surface area (Å²) in [5, 5.41) is 12.2. The van der Waals surface area contributed by atoms with E-state index in [1.165, 1.54) is 17.8 Å². The van der Waals surface area contributed by atoms with Crippen LogP contribution in [0.15, 0.2) is 29.7 Å². The first-order valence-electron chi connectivity index (χ1n) is 6.08. The van der Waals surface area contributed by atoms with Crippen LogP contribution in [-0.4, -0.2) is 29.3 Å². The van der Waals surface area contributed by atoms with Crippen molar-refractivity contribution in [3.8, 4) is 0 Å². The highest BCUT2D eigenvalue weighted by Crippen LogP contribution is 2.31. The number of nitrogens with one attached hydrogen (secondary N) is 1. The molecule has 0 aliphatic heterocycles. The molecule has 1 unspecified atom stereocenters. The summed E-state index contributed by atoms with van der Waals surface area (Å²) in [6.45, 7) is 3.53. The monoisotopic (exact) mass is 347 g/mol. The molecule has 1 atom stereocenters. The molecule has 1 rings (SSSR count). The second kappa shape index (κ2) is 8.32. The molecule has 0 saturated carbocycles. The van der Waals surface area contributed by atoms with Crippen LogP contribution >= 0.6 is 35.0 Å². The van der Waals surface area contributed by atoms with E-state index in [0.717, 1.165) is 0 Å². The Kier molecular flexibility index (Phi) is 7.08. The Morgan fingerprint density at radius 1 is 1.43 bits per heavy atom. The summed E-state index contributed by atoms with van der Waals surface area (Å²) in [6.07, 6.45) is 4.18. The fourth-order valence-corrected chi connectivity index (χ4v) is 2.83. The van der Waals surface area contributed by atoms with Gasteiger partial charge in [-0.3, -0.25) is 4.79 Å². The van der Waals surface area contributed by atoms with E-state index in [0.29, 0.717) is 16.3 Å². The number of rotatable bonds is 7. The third-order valence-corrected chi connectivity index (χ3v) is 4.26. The third-order valence-electron chi connectivity index (χ3n) is 2.75. The summed E-state index contributed by atoms with van der Waals surface area (Å²) < 4.78 is 0. The maximum Gasteiger partial charge on any atom is 0.326 e. The molecule has 7 heteroatoms. The first-order valence-corrected chi connectivity index (χ1v) is 8.06. The maximum absolute atomic E-state index is 12.2. The van der Waals surface area contributed by atoms with Crippen molar-refractivity contribution in [1.82, 2.24) is 5.32 Å². The minimum Gasteiger partial charge on any atom is -0.480 e. The molecule has 2 N–H and O–H groups in total. The lowest BCUT2D eigenvalue weighted by atomic mass is 10.1. The van der Waals surface area contributed by atoms with Crippen LogP contribution in [0, 0.1) is 0 Å². The molecule has 1 aromatic rings. The van der Waals surface area contributed by atoms with Gasteiger partial charge in [0.05, 0.1) is 15.6 Å². The Balaban J connectivity index is 2.96. The topological polar surface area (TPSA) is 66.4 Å². The van der Waals surface area contributed by atoms with E-state index in [2.05, 4.69) is 11.9 Å². The number of amides is 1. The lowest BCUT2D eigenvalue weighted by Crippen LogP contribution is -2.40. The highest BCUT2D eigenvalue weighted by molar-refractivity contribution is 7.98. The maximum atomic E-state index is 12.2. The zero-order chi connectivity index (χ0) is 16.0. The molecule has 114 valence electrons. The Labute approximate surface area is 137 Å². The molecule has 1 aromatic carbocycles. The second-order valence-corrected chi connectivity index (χ2v) is 5.86. The molecule has 0 spiro atoms. The SMILES string of the molecule is C=CCCC(NC(=O)c1cc(SC)c(Cl)cc1Cl)C(=O)O. The number of allylic oxidation sites excluding steroid dienone is 1. The van der Waals surface area contributed by atoms with Crippen molar-refractivity contribution in [3.05, 3.63) is 40.4 Å². The normalized spacial score (nSPS) is 11.8. The summed E-state index contributed by atoms with van der Waals surface area (Å²) >= 11 is 13.4. The number of hydrogen-bond donors (Lipinski definition) is 2. The fourth-order valence-electron chi connectivity index (χ4n) is 1.64. The summed E-state index contributed by atoms with van der Waals surface area (Å²) in [4.78, 5) is 24.0. The lowest BCUT2D eigenvalue weighted by Gasteiger charge is -2.15. The second-order valence-electron chi connectivity index (χ2n) is 4.20. The number of halogens is 2. The van der Waals surface area contributed by atoms with Gasteiger partial charge in [0, 0.05) is 4.90 Å². The van der Waals surface area contributed by atoms with Gasteiger partial charge in [-0.25, -0.2) is 4.79 Å². The van der Waals surface area contributed by atoms with Crippen molar-refractivity contribution in [2.75, 3.05) is 6.26 Å². The van der Waals surface area contributed by atoms with Gasteiger partial charge in [0.2, 0.25) is 0 Å². The first kappa shape index (κ1) is 17.9. The van der Waals surface area contributed by atoms with Crippen molar-refractivity contribution >= 4 is 46.8 Å². The summed E-state index contributed by atoms with van der Waals surface area (Å²) in [6, 6.07) is 2.04. The third kappa shape index (κ3) is 4.95. The fraction of sp³-hybridized carbons (Fsp3) is 0.286. The molecule has 0 aliphatic carbocycles. The number of thioether (sulfide) groups is 1. The lowest BCUT2D eigenvalue weighted by molar-refractivity contribution is -0.139. The van der Waals surface area contributed by atoms with Gasteiger partial charge >= 0.3 is 5.97 Å². The average molecular weight is 348 g/mol. The van der Waals surface area contributed by atoms with Crippen molar-refractivity contribution < 1.29 is 14.7 Å². The molecule has 0 aromatic heterocycles. The number of carboxylic acid groups (broad SMARTS) is 1. The van der Waals surface area contributed by atoms with Crippen molar-refractivity contribution in [2.24, 2.45) is 0 Å². The summed E-state index contributed by atoms with van der Waals surface area (Å²) in [7, 11) is 0. The van der Waals surface area contributed by atoms with Crippen LogP contribution in [0.25, 0.3) is 0 Å². The first-order chi connectivity index (χ1) is 9.90. The molecule has 0 heterocycles. The minimum absolute atomic E-state index is 0.183. The van der Waals surface area contributed by atoms with E-state index in [-0.39, 0.29) is 17.0 Å². The van der Waals surface area contributed by atoms with Gasteiger partial charge in [0.25, 0.3) is 5.91 Å². The standard InChI is InChI=1S/C14H15Cl2NO3S/c1-3-4-5-11(14(19)20)17-13(18)8-6-12(21-2)10(16)7-9(8)15/h3,6-7,11H,1,4-5H2,2H3,(H,17,18)(H,19,20). The van der Waals surface area contributed by atoms with Gasteiger partial charge in [-0.05, 0) is 31.2 Å². The number of carboxylic acids is 1. The Morgan fingerprint density at radius 2 is 2.10 bits per heavy atom. The molecule has 0 saturated heterocycles. The van der Waals surface area contributed by atoms with Gasteiger partial charge in [0.1, 0.15) is 6.04 Å². The summed E-state index contributed by atoms with van der Waals surface area (Å²) in [5.74, 6) is -1.64. The number of carbonyl (C=O) groups is 2. The number of aliphatic carboxylic acids is 1. The molecular formula is C14H15Cl2NO3S. The van der Waals surface area contributed by atoms with Crippen LogP contribution in [-0.2, 0) is 4.79 Å². The summed E-state index contributed by atoms with van der Waals surface area (Å²) in [5.41, 5.74) is 0.204. The van der Waals surface area contributed by atoms with E-state index in [9.17, 15) is 9.59 Å². The Hall–Kier alpha value is -1.17. The number of benzene rings is 1. The van der Waals surface area contributed by atoms with Gasteiger partial charge in [-0.1, -0.05) is 29.3 Å². The van der Waals surface area contributed by atoms with Crippen LogP contribution in [0.5, 0.6) is 0 Å². The van der Waals surface area contributed by atoms with Crippen molar-refractivity contribution in [1.29, 1.82) is 0 Å². The van der Waals surface area contributed by atoms with Crippen molar-refractivity contribution in [3.63, 3.8) is 0 Å². The van der Waals surface area contributed by atoms with Crippen LogP contribution in [0.3, 0.4) is 0 Å². The van der Waals surface area contributed by atoms with Crippen LogP contribution < -0.4 is 5.32 Å². The molecule has 0 fully saturated rings. The number of carbonyl (C=O) groups excluding carboxylic acids is 1. The zero-order valence-electron chi connectivity index (χ0n) is 11.4. The van der Waals surface area contributed by atoms with E-state index >= 15 is 0 Å². The van der Waals surface area contributed by atoms with E-state index in [1.54, 1.807) is 12.1 Å². The largest absolute Gasteiger partial charge is 0.480 e. The van der Waals surface area contributed by atoms with Gasteiger partial charge < -0.3 is 10.4 Å². The van der Waals surface area contributed by atoms with Crippen molar-refractivity contribution in [2.45, 2.75) is 23.8 Å². The quantitative estimate of drug-likeness (QED) is 0.580.